The quantitative estimate of drug-likeness (QED) is 0.747. The van der Waals surface area contributed by atoms with Gasteiger partial charge in [0.25, 0.3) is 0 Å². The molecule has 1 aliphatic heterocycles. The van der Waals surface area contributed by atoms with Crippen LogP contribution in [0.2, 0.25) is 0 Å². The van der Waals surface area contributed by atoms with Crippen molar-refractivity contribution in [2.24, 2.45) is 0 Å². The summed E-state index contributed by atoms with van der Waals surface area (Å²) in [6, 6.07) is 12.5. The first-order chi connectivity index (χ1) is 11.9. The maximum absolute atomic E-state index is 4.78. The molecule has 0 unspecified atom stereocenters. The van der Waals surface area contributed by atoms with E-state index in [0.717, 1.165) is 49.1 Å². The van der Waals surface area contributed by atoms with Gasteiger partial charge >= 0.3 is 0 Å². The van der Waals surface area contributed by atoms with Crippen molar-refractivity contribution in [3.8, 4) is 11.3 Å². The zero-order valence-corrected chi connectivity index (χ0v) is 14.7. The fraction of sp³-hybridized carbons (Fsp3) is 0.500. The Labute approximate surface area is 145 Å². The number of anilines is 2. The van der Waals surface area contributed by atoms with Crippen molar-refractivity contribution in [3.05, 3.63) is 36.4 Å². The molecular weight excluding hydrogens is 296 g/mol. The van der Waals surface area contributed by atoms with Gasteiger partial charge in [-0.25, -0.2) is 4.98 Å². The van der Waals surface area contributed by atoms with Crippen LogP contribution in [0.15, 0.2) is 36.4 Å². The molecule has 1 N–H and O–H groups in total. The van der Waals surface area contributed by atoms with E-state index >= 15 is 0 Å². The summed E-state index contributed by atoms with van der Waals surface area (Å²) in [5.74, 6) is 1.81. The van der Waals surface area contributed by atoms with Crippen molar-refractivity contribution >= 4 is 11.8 Å². The summed E-state index contributed by atoms with van der Waals surface area (Å²) >= 11 is 0. The van der Waals surface area contributed by atoms with Gasteiger partial charge in [0.15, 0.2) is 0 Å². The molecule has 2 heterocycles. The van der Waals surface area contributed by atoms with Crippen LogP contribution in [0.25, 0.3) is 11.3 Å². The molecule has 128 valence electrons. The Bertz CT molecular complexity index is 621. The van der Waals surface area contributed by atoms with Gasteiger partial charge in [0.05, 0.1) is 5.69 Å². The molecule has 4 heteroatoms. The molecule has 0 aliphatic carbocycles. The molecule has 0 saturated carbocycles. The molecule has 1 saturated heterocycles. The van der Waals surface area contributed by atoms with Crippen LogP contribution >= 0.6 is 0 Å². The van der Waals surface area contributed by atoms with Crippen LogP contribution in [-0.4, -0.2) is 29.6 Å². The van der Waals surface area contributed by atoms with Gasteiger partial charge in [-0.3, -0.25) is 0 Å². The van der Waals surface area contributed by atoms with E-state index < -0.39 is 0 Å². The molecule has 0 radical (unpaired) electrons. The Hall–Kier alpha value is -2.10. The third kappa shape index (κ3) is 4.47. The Morgan fingerprint density at radius 1 is 1.00 bits per heavy atom. The molecule has 1 aromatic heterocycles. The highest BCUT2D eigenvalue weighted by Crippen LogP contribution is 2.25. The third-order valence-corrected chi connectivity index (χ3v) is 4.53. The van der Waals surface area contributed by atoms with Gasteiger partial charge in [0.2, 0.25) is 5.95 Å². The number of rotatable bonds is 7. The standard InChI is InChI=1S/C20H28N4/c1-2-3-8-13-21-20-22-18(17-11-6-4-7-12-17)16-19(23-20)24-14-9-5-10-15-24/h4,6-7,11-12,16H,2-3,5,8-10,13-15H2,1H3,(H,21,22,23). The highest BCUT2D eigenvalue weighted by Gasteiger charge is 2.15. The predicted octanol–water partition coefficient (Wildman–Crippen LogP) is 4.74. The van der Waals surface area contributed by atoms with Crippen molar-refractivity contribution < 1.29 is 0 Å². The summed E-state index contributed by atoms with van der Waals surface area (Å²) in [6.07, 6.45) is 7.47. The number of benzene rings is 1. The summed E-state index contributed by atoms with van der Waals surface area (Å²) in [5.41, 5.74) is 2.15. The highest BCUT2D eigenvalue weighted by atomic mass is 15.2. The molecule has 1 fully saturated rings. The molecule has 24 heavy (non-hydrogen) atoms. The molecule has 0 bridgehead atoms. The van der Waals surface area contributed by atoms with E-state index in [2.05, 4.69) is 47.5 Å². The van der Waals surface area contributed by atoms with Crippen LogP contribution in [0.4, 0.5) is 11.8 Å². The topological polar surface area (TPSA) is 41.1 Å². The Morgan fingerprint density at radius 2 is 1.79 bits per heavy atom. The molecule has 0 amide bonds. The van der Waals surface area contributed by atoms with Gasteiger partial charge in [-0.1, -0.05) is 50.1 Å². The van der Waals surface area contributed by atoms with Crippen molar-refractivity contribution in [2.45, 2.75) is 45.4 Å². The maximum atomic E-state index is 4.78. The number of hydrogen-bond acceptors (Lipinski definition) is 4. The second-order valence-corrected chi connectivity index (χ2v) is 6.48. The van der Waals surface area contributed by atoms with E-state index in [1.165, 1.54) is 32.1 Å². The number of aromatic nitrogens is 2. The zero-order chi connectivity index (χ0) is 16.6. The fourth-order valence-electron chi connectivity index (χ4n) is 3.13. The first-order valence-corrected chi connectivity index (χ1v) is 9.30. The maximum Gasteiger partial charge on any atom is 0.225 e. The summed E-state index contributed by atoms with van der Waals surface area (Å²) in [4.78, 5) is 11.9. The number of piperidine rings is 1. The van der Waals surface area contributed by atoms with E-state index in [1.807, 2.05) is 6.07 Å². The van der Waals surface area contributed by atoms with Gasteiger partial charge in [-0.15, -0.1) is 0 Å². The fourth-order valence-corrected chi connectivity index (χ4v) is 3.13. The van der Waals surface area contributed by atoms with Crippen LogP contribution in [-0.2, 0) is 0 Å². The Kier molecular flexibility index (Phi) is 6.05. The zero-order valence-electron chi connectivity index (χ0n) is 14.7. The molecule has 1 aliphatic rings. The van der Waals surface area contributed by atoms with E-state index in [9.17, 15) is 0 Å². The van der Waals surface area contributed by atoms with Crippen LogP contribution in [0, 0.1) is 0 Å². The van der Waals surface area contributed by atoms with E-state index in [1.54, 1.807) is 0 Å². The van der Waals surface area contributed by atoms with E-state index in [0.29, 0.717) is 0 Å². The summed E-state index contributed by atoms with van der Waals surface area (Å²) in [5, 5.41) is 3.42. The first-order valence-electron chi connectivity index (χ1n) is 9.30. The predicted molar refractivity (Wildman–Crippen MR) is 102 cm³/mol. The van der Waals surface area contributed by atoms with Crippen LogP contribution in [0.1, 0.15) is 45.4 Å². The third-order valence-electron chi connectivity index (χ3n) is 4.53. The second kappa shape index (κ2) is 8.67. The smallest absolute Gasteiger partial charge is 0.225 e. The van der Waals surface area contributed by atoms with Crippen molar-refractivity contribution in [1.82, 2.24) is 9.97 Å². The summed E-state index contributed by atoms with van der Waals surface area (Å²) in [7, 11) is 0. The lowest BCUT2D eigenvalue weighted by molar-refractivity contribution is 0.573. The number of hydrogen-bond donors (Lipinski definition) is 1. The number of nitrogens with one attached hydrogen (secondary N) is 1. The average molecular weight is 324 g/mol. The average Bonchev–Trinajstić information content (AvgIpc) is 2.66. The van der Waals surface area contributed by atoms with E-state index in [4.69, 9.17) is 9.97 Å². The SMILES string of the molecule is CCCCCNc1nc(-c2ccccc2)cc(N2CCCCC2)n1. The monoisotopic (exact) mass is 324 g/mol. The molecule has 3 rings (SSSR count). The molecular formula is C20H28N4. The molecule has 1 aromatic carbocycles. The minimum atomic E-state index is 0.757. The second-order valence-electron chi connectivity index (χ2n) is 6.48. The van der Waals surface area contributed by atoms with Crippen molar-refractivity contribution in [1.29, 1.82) is 0 Å². The number of unbranched alkanes of at least 4 members (excludes halogenated alkanes) is 2. The van der Waals surface area contributed by atoms with Gasteiger partial charge in [0.1, 0.15) is 5.82 Å². The van der Waals surface area contributed by atoms with Crippen LogP contribution in [0.3, 0.4) is 0 Å². The van der Waals surface area contributed by atoms with Crippen molar-refractivity contribution in [3.63, 3.8) is 0 Å². The van der Waals surface area contributed by atoms with Gasteiger partial charge in [0, 0.05) is 31.3 Å². The molecule has 0 spiro atoms. The van der Waals surface area contributed by atoms with Gasteiger partial charge in [-0.2, -0.15) is 4.98 Å². The van der Waals surface area contributed by atoms with Gasteiger partial charge in [-0.05, 0) is 25.7 Å². The van der Waals surface area contributed by atoms with Crippen molar-refractivity contribution in [2.75, 3.05) is 29.9 Å². The first kappa shape index (κ1) is 16.7. The van der Waals surface area contributed by atoms with Crippen LogP contribution < -0.4 is 10.2 Å². The Balaban J connectivity index is 1.84. The molecule has 2 aromatic rings. The van der Waals surface area contributed by atoms with E-state index in [-0.39, 0.29) is 0 Å². The number of nitrogens with zero attached hydrogens (tertiary/aromatic N) is 3. The Morgan fingerprint density at radius 3 is 2.54 bits per heavy atom. The largest absolute Gasteiger partial charge is 0.356 e. The summed E-state index contributed by atoms with van der Waals surface area (Å²) < 4.78 is 0. The minimum Gasteiger partial charge on any atom is -0.356 e. The normalized spacial score (nSPS) is 14.6. The highest BCUT2D eigenvalue weighted by molar-refractivity contribution is 5.64. The lowest BCUT2D eigenvalue weighted by atomic mass is 10.1. The molecule has 0 atom stereocenters. The molecule has 4 nitrogen and oxygen atoms in total. The van der Waals surface area contributed by atoms with Crippen LogP contribution in [0.5, 0.6) is 0 Å². The lowest BCUT2D eigenvalue weighted by Crippen LogP contribution is -2.30. The summed E-state index contributed by atoms with van der Waals surface area (Å²) in [6.45, 7) is 5.35. The lowest BCUT2D eigenvalue weighted by Gasteiger charge is -2.28. The van der Waals surface area contributed by atoms with Gasteiger partial charge < -0.3 is 10.2 Å². The minimum absolute atomic E-state index is 0.757.